The zero-order valence-electron chi connectivity index (χ0n) is 22.3. The fourth-order valence-corrected chi connectivity index (χ4v) is 5.07. The molecule has 37 heavy (non-hydrogen) atoms. The van der Waals surface area contributed by atoms with Gasteiger partial charge in [0.15, 0.2) is 11.5 Å². The Morgan fingerprint density at radius 3 is 2.49 bits per heavy atom. The van der Waals surface area contributed by atoms with Gasteiger partial charge in [-0.3, -0.25) is 4.79 Å². The summed E-state index contributed by atoms with van der Waals surface area (Å²) in [6.07, 6.45) is 5.24. The van der Waals surface area contributed by atoms with Crippen LogP contribution in [0.4, 0.5) is 4.79 Å². The number of nitrogens with one attached hydrogen (secondary N) is 1. The quantitative estimate of drug-likeness (QED) is 0.494. The lowest BCUT2D eigenvalue weighted by Crippen LogP contribution is -2.46. The van der Waals surface area contributed by atoms with Crippen LogP contribution in [0.25, 0.3) is 0 Å². The maximum Gasteiger partial charge on any atom is 0.410 e. The van der Waals surface area contributed by atoms with E-state index in [1.165, 1.54) is 0 Å². The van der Waals surface area contributed by atoms with E-state index in [9.17, 15) is 9.59 Å². The summed E-state index contributed by atoms with van der Waals surface area (Å²) in [6, 6.07) is 15.6. The largest absolute Gasteiger partial charge is 0.493 e. The van der Waals surface area contributed by atoms with Crippen LogP contribution >= 0.6 is 0 Å². The van der Waals surface area contributed by atoms with E-state index in [2.05, 4.69) is 19.2 Å². The van der Waals surface area contributed by atoms with Crippen LogP contribution in [0.2, 0.25) is 0 Å². The minimum Gasteiger partial charge on any atom is -0.493 e. The Kier molecular flexibility index (Phi) is 8.95. The third-order valence-electron chi connectivity index (χ3n) is 7.54. The summed E-state index contributed by atoms with van der Waals surface area (Å²) in [6.45, 7) is 6.41. The summed E-state index contributed by atoms with van der Waals surface area (Å²) in [5.74, 6) is 1.01. The molecule has 2 aromatic carbocycles. The average Bonchev–Trinajstić information content (AvgIpc) is 2.92. The number of amides is 2. The first-order valence-corrected chi connectivity index (χ1v) is 13.4. The molecule has 7 heteroatoms. The van der Waals surface area contributed by atoms with Gasteiger partial charge in [0.05, 0.1) is 13.0 Å². The molecule has 0 spiro atoms. The number of carbonyl (C=O) groups is 2. The van der Waals surface area contributed by atoms with Gasteiger partial charge in [0.2, 0.25) is 5.91 Å². The molecule has 1 aliphatic heterocycles. The van der Waals surface area contributed by atoms with E-state index >= 15 is 0 Å². The second-order valence-electron chi connectivity index (χ2n) is 11.0. The molecule has 4 rings (SSSR count). The van der Waals surface area contributed by atoms with Crippen molar-refractivity contribution in [3.05, 3.63) is 59.7 Å². The average molecular weight is 509 g/mol. The second kappa shape index (κ2) is 12.3. The number of nitrogens with zero attached hydrogens (tertiary/aromatic N) is 1. The van der Waals surface area contributed by atoms with Gasteiger partial charge in [-0.05, 0) is 67.2 Å². The minimum atomic E-state index is -0.280. The Morgan fingerprint density at radius 2 is 1.76 bits per heavy atom. The van der Waals surface area contributed by atoms with Crippen molar-refractivity contribution in [2.24, 2.45) is 11.3 Å². The van der Waals surface area contributed by atoms with Gasteiger partial charge in [-0.2, -0.15) is 0 Å². The number of ether oxygens (including phenoxy) is 3. The third kappa shape index (κ3) is 7.63. The molecule has 2 fully saturated rings. The Morgan fingerprint density at radius 1 is 1.00 bits per heavy atom. The predicted molar refractivity (Wildman–Crippen MR) is 142 cm³/mol. The molecular weight excluding hydrogens is 468 g/mol. The van der Waals surface area contributed by atoms with E-state index < -0.39 is 0 Å². The van der Waals surface area contributed by atoms with Crippen LogP contribution in [0.15, 0.2) is 48.5 Å². The molecule has 2 amide bonds. The molecule has 1 N–H and O–H groups in total. The van der Waals surface area contributed by atoms with E-state index in [1.807, 2.05) is 48.5 Å². The summed E-state index contributed by atoms with van der Waals surface area (Å²) in [7, 11) is 1.61. The number of hydrogen-bond donors (Lipinski definition) is 1. The molecule has 0 radical (unpaired) electrons. The molecule has 1 aliphatic carbocycles. The summed E-state index contributed by atoms with van der Waals surface area (Å²) >= 11 is 0. The van der Waals surface area contributed by atoms with Crippen molar-refractivity contribution < 1.29 is 23.8 Å². The molecule has 200 valence electrons. The summed E-state index contributed by atoms with van der Waals surface area (Å²) < 4.78 is 17.2. The fraction of sp³-hybridized carbons (Fsp3) is 0.533. The Balaban J connectivity index is 1.25. The highest BCUT2D eigenvalue weighted by Gasteiger charge is 2.33. The van der Waals surface area contributed by atoms with Gasteiger partial charge in [-0.15, -0.1) is 0 Å². The highest BCUT2D eigenvalue weighted by Crippen LogP contribution is 2.36. The summed E-state index contributed by atoms with van der Waals surface area (Å²) in [5, 5.41) is 3.03. The zero-order valence-corrected chi connectivity index (χ0v) is 22.3. The first-order chi connectivity index (χ1) is 17.8. The Labute approximate surface area is 220 Å². The van der Waals surface area contributed by atoms with Crippen LogP contribution in [0.1, 0.15) is 63.5 Å². The maximum atomic E-state index is 12.9. The van der Waals surface area contributed by atoms with Crippen molar-refractivity contribution in [2.45, 2.75) is 71.6 Å². The molecule has 0 aromatic heterocycles. The highest BCUT2D eigenvalue weighted by atomic mass is 16.6. The van der Waals surface area contributed by atoms with Gasteiger partial charge in [0, 0.05) is 19.6 Å². The number of rotatable bonds is 8. The first kappa shape index (κ1) is 26.8. The van der Waals surface area contributed by atoms with E-state index in [0.29, 0.717) is 43.2 Å². The number of methoxy groups -OCH3 is 1. The maximum absolute atomic E-state index is 12.9. The Bertz CT molecular complexity index is 1050. The minimum absolute atomic E-state index is 0.00986. The summed E-state index contributed by atoms with van der Waals surface area (Å²) in [4.78, 5) is 27.4. The van der Waals surface area contributed by atoms with Gasteiger partial charge in [-0.25, -0.2) is 4.79 Å². The first-order valence-electron chi connectivity index (χ1n) is 13.4. The van der Waals surface area contributed by atoms with Crippen molar-refractivity contribution in [3.8, 4) is 11.5 Å². The van der Waals surface area contributed by atoms with Crippen LogP contribution < -0.4 is 14.8 Å². The van der Waals surface area contributed by atoms with Gasteiger partial charge in [0.1, 0.15) is 12.7 Å². The molecule has 1 atom stereocenters. The lowest BCUT2D eigenvalue weighted by molar-refractivity contribution is -0.126. The molecule has 0 bridgehead atoms. The van der Waals surface area contributed by atoms with Crippen molar-refractivity contribution in [1.29, 1.82) is 0 Å². The van der Waals surface area contributed by atoms with E-state index in [1.54, 1.807) is 12.0 Å². The standard InChI is InChI=1S/C30H40N2O5/c1-30(2)15-13-25(14-16-30)37-29(34)32-17-7-10-24(20-32)28(33)31-19-23-11-12-26(27(18-23)35-3)36-21-22-8-5-4-6-9-22/h4-6,8-9,11-12,18,24-25H,7,10,13-17,19-21H2,1-3H3,(H,31,33)/t24-/m0/s1. The van der Waals surface area contributed by atoms with Crippen LogP contribution in [0.3, 0.4) is 0 Å². The molecular formula is C30H40N2O5. The van der Waals surface area contributed by atoms with Crippen molar-refractivity contribution in [2.75, 3.05) is 20.2 Å². The molecule has 1 heterocycles. The number of carbonyl (C=O) groups excluding carboxylic acids is 2. The highest BCUT2D eigenvalue weighted by molar-refractivity contribution is 5.80. The van der Waals surface area contributed by atoms with Crippen molar-refractivity contribution in [1.82, 2.24) is 10.2 Å². The number of hydrogen-bond acceptors (Lipinski definition) is 5. The van der Waals surface area contributed by atoms with E-state index in [-0.39, 0.29) is 24.0 Å². The number of piperidine rings is 1. The van der Waals surface area contributed by atoms with Crippen molar-refractivity contribution >= 4 is 12.0 Å². The van der Waals surface area contributed by atoms with Crippen molar-refractivity contribution in [3.63, 3.8) is 0 Å². The van der Waals surface area contributed by atoms with E-state index in [4.69, 9.17) is 14.2 Å². The lowest BCUT2D eigenvalue weighted by Gasteiger charge is -2.36. The van der Waals surface area contributed by atoms with Crippen LogP contribution in [-0.4, -0.2) is 43.2 Å². The number of benzene rings is 2. The normalized spacial score (nSPS) is 19.6. The van der Waals surface area contributed by atoms with Crippen LogP contribution in [-0.2, 0) is 22.7 Å². The zero-order chi connectivity index (χ0) is 26.3. The molecule has 7 nitrogen and oxygen atoms in total. The molecule has 2 aliphatic rings. The van der Waals surface area contributed by atoms with Gasteiger partial charge >= 0.3 is 6.09 Å². The monoisotopic (exact) mass is 508 g/mol. The van der Waals surface area contributed by atoms with Crippen LogP contribution in [0.5, 0.6) is 11.5 Å². The smallest absolute Gasteiger partial charge is 0.410 e. The van der Waals surface area contributed by atoms with Crippen LogP contribution in [0, 0.1) is 11.3 Å². The third-order valence-corrected chi connectivity index (χ3v) is 7.54. The lowest BCUT2D eigenvalue weighted by atomic mass is 9.76. The summed E-state index contributed by atoms with van der Waals surface area (Å²) in [5.41, 5.74) is 2.33. The molecule has 0 unspecified atom stereocenters. The molecule has 1 saturated heterocycles. The topological polar surface area (TPSA) is 77.1 Å². The SMILES string of the molecule is COc1cc(CNC(=O)[C@H]2CCCN(C(=O)OC3CCC(C)(C)CC3)C2)ccc1OCc1ccccc1. The second-order valence-corrected chi connectivity index (χ2v) is 11.0. The Hall–Kier alpha value is -3.22. The molecule has 2 aromatic rings. The van der Waals surface area contributed by atoms with Gasteiger partial charge < -0.3 is 24.4 Å². The van der Waals surface area contributed by atoms with Gasteiger partial charge in [-0.1, -0.05) is 50.2 Å². The van der Waals surface area contributed by atoms with E-state index in [0.717, 1.165) is 49.7 Å². The number of likely N-dealkylation sites (tertiary alicyclic amines) is 1. The van der Waals surface area contributed by atoms with Gasteiger partial charge in [0.25, 0.3) is 0 Å². The fourth-order valence-electron chi connectivity index (χ4n) is 5.07. The predicted octanol–water partition coefficient (Wildman–Crippen LogP) is 5.71. The molecule has 1 saturated carbocycles.